The van der Waals surface area contributed by atoms with Crippen molar-refractivity contribution in [3.63, 3.8) is 0 Å². The maximum Gasteiger partial charge on any atom is 0.243 e. The molecule has 0 saturated heterocycles. The summed E-state index contributed by atoms with van der Waals surface area (Å²) in [5, 5.41) is 0. The molecule has 7 heteroatoms. The van der Waals surface area contributed by atoms with E-state index < -0.39 is 10.0 Å². The van der Waals surface area contributed by atoms with Crippen LogP contribution in [0.25, 0.3) is 0 Å². The summed E-state index contributed by atoms with van der Waals surface area (Å²) in [5.74, 6) is -0.253. The van der Waals surface area contributed by atoms with Gasteiger partial charge in [-0.25, -0.2) is 8.42 Å². The quantitative estimate of drug-likeness (QED) is 0.680. The number of rotatable bonds is 7. The Labute approximate surface area is 160 Å². The van der Waals surface area contributed by atoms with Gasteiger partial charge in [0.15, 0.2) is 0 Å². The van der Waals surface area contributed by atoms with E-state index >= 15 is 0 Å². The number of aryl methyl sites for hydroxylation is 1. The summed E-state index contributed by atoms with van der Waals surface area (Å²) in [7, 11) is -0.581. The number of thioether (sulfide) groups is 1. The Morgan fingerprint density at radius 1 is 1.00 bits per heavy atom. The first-order chi connectivity index (χ1) is 12.2. The predicted molar refractivity (Wildman–Crippen MR) is 106 cm³/mol. The molecule has 0 atom stereocenters. The smallest absolute Gasteiger partial charge is 0.243 e. The number of hydrogen-bond donors (Lipinski definition) is 0. The SMILES string of the molecule is CSc1ccc(CN(C)C(=O)CN(C)S(=O)(=O)c2ccc(C)cc2)cc1. The Bertz CT molecular complexity index is 847. The number of benzene rings is 2. The topological polar surface area (TPSA) is 57.7 Å². The van der Waals surface area contributed by atoms with E-state index in [0.29, 0.717) is 6.54 Å². The van der Waals surface area contributed by atoms with Gasteiger partial charge >= 0.3 is 0 Å². The van der Waals surface area contributed by atoms with E-state index in [4.69, 9.17) is 0 Å². The molecule has 0 aliphatic carbocycles. The van der Waals surface area contributed by atoms with Crippen LogP contribution in [0.5, 0.6) is 0 Å². The molecule has 0 saturated carbocycles. The van der Waals surface area contributed by atoms with Crippen molar-refractivity contribution < 1.29 is 13.2 Å². The van der Waals surface area contributed by atoms with Gasteiger partial charge < -0.3 is 4.90 Å². The summed E-state index contributed by atoms with van der Waals surface area (Å²) in [6.45, 7) is 2.13. The molecule has 0 fully saturated rings. The highest BCUT2D eigenvalue weighted by Gasteiger charge is 2.24. The lowest BCUT2D eigenvalue weighted by atomic mass is 10.2. The summed E-state index contributed by atoms with van der Waals surface area (Å²) in [4.78, 5) is 15.3. The number of likely N-dealkylation sites (N-methyl/N-ethyl adjacent to an activating group) is 2. The van der Waals surface area contributed by atoms with Crippen molar-refractivity contribution in [3.8, 4) is 0 Å². The second-order valence-corrected chi connectivity index (χ2v) is 9.10. The monoisotopic (exact) mass is 392 g/mol. The van der Waals surface area contributed by atoms with Crippen LogP contribution in [-0.2, 0) is 21.4 Å². The molecule has 0 aromatic heterocycles. The highest BCUT2D eigenvalue weighted by Crippen LogP contribution is 2.17. The lowest BCUT2D eigenvalue weighted by molar-refractivity contribution is -0.130. The summed E-state index contributed by atoms with van der Waals surface area (Å²) in [5.41, 5.74) is 1.98. The average Bonchev–Trinajstić information content (AvgIpc) is 2.62. The largest absolute Gasteiger partial charge is 0.340 e. The molecule has 2 aromatic carbocycles. The van der Waals surface area contributed by atoms with Crippen molar-refractivity contribution >= 4 is 27.7 Å². The molecule has 140 valence electrons. The molecule has 0 N–H and O–H groups in total. The van der Waals surface area contributed by atoms with Crippen LogP contribution in [0.15, 0.2) is 58.3 Å². The van der Waals surface area contributed by atoms with Crippen LogP contribution in [0.1, 0.15) is 11.1 Å². The fourth-order valence-corrected chi connectivity index (χ4v) is 3.91. The van der Waals surface area contributed by atoms with Gasteiger partial charge in [0.05, 0.1) is 11.4 Å². The summed E-state index contributed by atoms with van der Waals surface area (Å²) in [6, 6.07) is 14.6. The van der Waals surface area contributed by atoms with E-state index in [1.807, 2.05) is 37.4 Å². The maximum atomic E-state index is 12.6. The highest BCUT2D eigenvalue weighted by molar-refractivity contribution is 7.98. The molecule has 0 aliphatic heterocycles. The zero-order valence-electron chi connectivity index (χ0n) is 15.5. The van der Waals surface area contributed by atoms with Crippen molar-refractivity contribution in [1.29, 1.82) is 0 Å². The van der Waals surface area contributed by atoms with Crippen LogP contribution in [-0.4, -0.2) is 50.4 Å². The molecule has 0 radical (unpaired) electrons. The molecule has 1 amide bonds. The van der Waals surface area contributed by atoms with Gasteiger partial charge in [-0.2, -0.15) is 4.31 Å². The average molecular weight is 393 g/mol. The fraction of sp³-hybridized carbons (Fsp3) is 0.316. The first-order valence-electron chi connectivity index (χ1n) is 8.14. The molecule has 5 nitrogen and oxygen atoms in total. The predicted octanol–water partition coefficient (Wildman–Crippen LogP) is 3.00. The van der Waals surface area contributed by atoms with Crippen molar-refractivity contribution in [3.05, 3.63) is 59.7 Å². The van der Waals surface area contributed by atoms with Gasteiger partial charge in [-0.05, 0) is 43.0 Å². The number of amides is 1. The number of carbonyl (C=O) groups excluding carboxylic acids is 1. The Hall–Kier alpha value is -1.83. The molecule has 2 rings (SSSR count). The van der Waals surface area contributed by atoms with E-state index in [1.54, 1.807) is 43.1 Å². The molecule has 0 spiro atoms. The Morgan fingerprint density at radius 3 is 2.12 bits per heavy atom. The summed E-state index contributed by atoms with van der Waals surface area (Å²) in [6.07, 6.45) is 2.01. The summed E-state index contributed by atoms with van der Waals surface area (Å²) >= 11 is 1.66. The number of carbonyl (C=O) groups is 1. The van der Waals surface area contributed by atoms with Gasteiger partial charge in [0.1, 0.15) is 0 Å². The lowest BCUT2D eigenvalue weighted by Gasteiger charge is -2.22. The molecular formula is C19H24N2O3S2. The van der Waals surface area contributed by atoms with Gasteiger partial charge in [0, 0.05) is 25.5 Å². The third-order valence-corrected chi connectivity index (χ3v) is 6.65. The van der Waals surface area contributed by atoms with Crippen molar-refractivity contribution in [2.45, 2.75) is 23.3 Å². The molecule has 0 unspecified atom stereocenters. The molecule has 0 aliphatic rings. The van der Waals surface area contributed by atoms with Gasteiger partial charge in [-0.3, -0.25) is 4.79 Å². The first-order valence-corrected chi connectivity index (χ1v) is 10.8. The highest BCUT2D eigenvalue weighted by atomic mass is 32.2. The van der Waals surface area contributed by atoms with E-state index in [-0.39, 0.29) is 17.3 Å². The van der Waals surface area contributed by atoms with Crippen LogP contribution in [0.2, 0.25) is 0 Å². The van der Waals surface area contributed by atoms with Crippen LogP contribution >= 0.6 is 11.8 Å². The molecule has 26 heavy (non-hydrogen) atoms. The van der Waals surface area contributed by atoms with Crippen LogP contribution in [0, 0.1) is 6.92 Å². The third-order valence-electron chi connectivity index (χ3n) is 4.09. The maximum absolute atomic E-state index is 12.6. The first kappa shape index (κ1) is 20.5. The molecule has 0 bridgehead atoms. The minimum absolute atomic E-state index is 0.189. The summed E-state index contributed by atoms with van der Waals surface area (Å²) < 4.78 is 26.3. The molecule has 0 heterocycles. The van der Waals surface area contributed by atoms with E-state index in [0.717, 1.165) is 20.3 Å². The zero-order chi connectivity index (χ0) is 19.3. The molecular weight excluding hydrogens is 368 g/mol. The standard InChI is InChI=1S/C19H24N2O3S2/c1-15-5-11-18(12-6-15)26(23,24)21(3)14-19(22)20(2)13-16-7-9-17(25-4)10-8-16/h5-12H,13-14H2,1-4H3. The van der Waals surface area contributed by atoms with Crippen molar-refractivity contribution in [1.82, 2.24) is 9.21 Å². The third kappa shape index (κ3) is 5.09. The number of hydrogen-bond acceptors (Lipinski definition) is 4. The number of nitrogens with zero attached hydrogens (tertiary/aromatic N) is 2. The normalized spacial score (nSPS) is 11.6. The van der Waals surface area contributed by atoms with Gasteiger partial charge in [-0.1, -0.05) is 29.8 Å². The lowest BCUT2D eigenvalue weighted by Crippen LogP contribution is -2.39. The van der Waals surface area contributed by atoms with Crippen molar-refractivity contribution in [2.24, 2.45) is 0 Å². The Kier molecular flexibility index (Phi) is 6.86. The van der Waals surface area contributed by atoms with Crippen molar-refractivity contribution in [2.75, 3.05) is 26.9 Å². The zero-order valence-corrected chi connectivity index (χ0v) is 17.1. The minimum Gasteiger partial charge on any atom is -0.340 e. The van der Waals surface area contributed by atoms with Crippen LogP contribution < -0.4 is 0 Å². The van der Waals surface area contributed by atoms with E-state index in [1.165, 1.54) is 11.9 Å². The van der Waals surface area contributed by atoms with Gasteiger partial charge in [-0.15, -0.1) is 11.8 Å². The van der Waals surface area contributed by atoms with Gasteiger partial charge in [0.2, 0.25) is 15.9 Å². The van der Waals surface area contributed by atoms with Gasteiger partial charge in [0.25, 0.3) is 0 Å². The van der Waals surface area contributed by atoms with E-state index in [2.05, 4.69) is 0 Å². The number of sulfonamides is 1. The van der Waals surface area contributed by atoms with Crippen LogP contribution in [0.3, 0.4) is 0 Å². The van der Waals surface area contributed by atoms with Crippen LogP contribution in [0.4, 0.5) is 0 Å². The Morgan fingerprint density at radius 2 is 1.58 bits per heavy atom. The van der Waals surface area contributed by atoms with E-state index in [9.17, 15) is 13.2 Å². The second kappa shape index (κ2) is 8.70. The molecule has 2 aromatic rings. The fourth-order valence-electron chi connectivity index (χ4n) is 2.38. The second-order valence-electron chi connectivity index (χ2n) is 6.17. The Balaban J connectivity index is 2.01. The minimum atomic E-state index is -3.68.